The number of H-pyrrole nitrogens is 1. The molecule has 10 heteroatoms. The molecule has 0 aliphatic rings. The fraction of sp³-hybridized carbons (Fsp3) is 0.286. The Bertz CT molecular complexity index is 1210. The first kappa shape index (κ1) is 22.6. The SMILES string of the molecule is CCOC(=O)c1sc2nc(/C(Cl)=C/c3cc(OC)c(OC)c(OC)c3)[nH]c(=O)c2c1C. The van der Waals surface area contributed by atoms with Crippen LogP contribution in [-0.4, -0.2) is 43.9 Å². The van der Waals surface area contributed by atoms with E-state index in [0.717, 1.165) is 11.3 Å². The molecule has 0 atom stereocenters. The molecule has 31 heavy (non-hydrogen) atoms. The third-order valence-electron chi connectivity index (χ3n) is 4.47. The van der Waals surface area contributed by atoms with Crippen LogP contribution in [0.5, 0.6) is 17.2 Å². The zero-order valence-electron chi connectivity index (χ0n) is 17.6. The molecule has 8 nitrogen and oxygen atoms in total. The smallest absolute Gasteiger partial charge is 0.348 e. The monoisotopic (exact) mass is 464 g/mol. The largest absolute Gasteiger partial charge is 0.493 e. The Morgan fingerprint density at radius 3 is 2.39 bits per heavy atom. The summed E-state index contributed by atoms with van der Waals surface area (Å²) >= 11 is 7.56. The van der Waals surface area contributed by atoms with Crippen LogP contribution in [0.3, 0.4) is 0 Å². The van der Waals surface area contributed by atoms with Crippen molar-refractivity contribution in [2.24, 2.45) is 0 Å². The minimum Gasteiger partial charge on any atom is -0.493 e. The quantitative estimate of drug-likeness (QED) is 0.522. The van der Waals surface area contributed by atoms with Crippen molar-refractivity contribution in [3.8, 4) is 17.2 Å². The lowest BCUT2D eigenvalue weighted by Gasteiger charge is -2.13. The summed E-state index contributed by atoms with van der Waals surface area (Å²) in [6.45, 7) is 3.65. The van der Waals surface area contributed by atoms with Crippen molar-refractivity contribution < 1.29 is 23.7 Å². The lowest BCUT2D eigenvalue weighted by atomic mass is 10.1. The number of thiophene rings is 1. The molecule has 0 saturated heterocycles. The molecule has 1 N–H and O–H groups in total. The average Bonchev–Trinajstić information content (AvgIpc) is 3.10. The number of methoxy groups -OCH3 is 3. The number of rotatable bonds is 7. The average molecular weight is 465 g/mol. The summed E-state index contributed by atoms with van der Waals surface area (Å²) in [6, 6.07) is 3.43. The van der Waals surface area contributed by atoms with Crippen molar-refractivity contribution in [3.63, 3.8) is 0 Å². The van der Waals surface area contributed by atoms with Gasteiger partial charge in [-0.05, 0) is 43.2 Å². The molecule has 2 heterocycles. The lowest BCUT2D eigenvalue weighted by molar-refractivity contribution is 0.0531. The summed E-state index contributed by atoms with van der Waals surface area (Å²) in [5, 5.41) is 0.533. The number of hydrogen-bond acceptors (Lipinski definition) is 8. The summed E-state index contributed by atoms with van der Waals surface area (Å²) in [4.78, 5) is 32.7. The van der Waals surface area contributed by atoms with Crippen molar-refractivity contribution in [2.45, 2.75) is 13.8 Å². The molecule has 2 aromatic heterocycles. The predicted molar refractivity (Wildman–Crippen MR) is 121 cm³/mol. The summed E-state index contributed by atoms with van der Waals surface area (Å²) in [6.07, 6.45) is 1.61. The minimum absolute atomic E-state index is 0.171. The number of aromatic amines is 1. The van der Waals surface area contributed by atoms with Gasteiger partial charge in [-0.3, -0.25) is 4.79 Å². The standard InChI is InChI=1S/C21H21ClN2O6S/c1-6-30-21(26)17-10(2)15-19(25)23-18(24-20(15)31-17)12(22)7-11-8-13(27-3)16(29-5)14(9-11)28-4/h7-9H,6H2,1-5H3,(H,23,24,25)/b12-7-. The van der Waals surface area contributed by atoms with E-state index in [1.54, 1.807) is 32.1 Å². The number of carbonyl (C=O) groups excluding carboxylic acids is 1. The Morgan fingerprint density at radius 2 is 1.84 bits per heavy atom. The molecule has 0 aliphatic carbocycles. The molecule has 0 saturated carbocycles. The molecule has 3 aromatic rings. The number of benzene rings is 1. The zero-order valence-corrected chi connectivity index (χ0v) is 19.2. The number of nitrogens with one attached hydrogen (secondary N) is 1. The van der Waals surface area contributed by atoms with Crippen LogP contribution in [0.15, 0.2) is 16.9 Å². The first-order valence-corrected chi connectivity index (χ1v) is 10.4. The topological polar surface area (TPSA) is 99.7 Å². The number of aromatic nitrogens is 2. The molecular formula is C21H21ClN2O6S. The van der Waals surface area contributed by atoms with Crippen LogP contribution in [-0.2, 0) is 4.74 Å². The molecule has 0 bridgehead atoms. The van der Waals surface area contributed by atoms with E-state index in [4.69, 9.17) is 30.5 Å². The van der Waals surface area contributed by atoms with E-state index in [1.165, 1.54) is 21.3 Å². The van der Waals surface area contributed by atoms with E-state index < -0.39 is 5.97 Å². The first-order valence-electron chi connectivity index (χ1n) is 9.22. The van der Waals surface area contributed by atoms with Gasteiger partial charge in [0.15, 0.2) is 17.3 Å². The molecule has 3 rings (SSSR count). The molecule has 0 radical (unpaired) electrons. The molecule has 0 aliphatic heterocycles. The number of ether oxygens (including phenoxy) is 4. The predicted octanol–water partition coefficient (Wildman–Crippen LogP) is 4.23. The van der Waals surface area contributed by atoms with Gasteiger partial charge in [-0.2, -0.15) is 0 Å². The van der Waals surface area contributed by atoms with Gasteiger partial charge in [-0.25, -0.2) is 9.78 Å². The van der Waals surface area contributed by atoms with E-state index >= 15 is 0 Å². The van der Waals surface area contributed by atoms with E-state index in [1.807, 2.05) is 0 Å². The van der Waals surface area contributed by atoms with Gasteiger partial charge in [0.25, 0.3) is 5.56 Å². The highest BCUT2D eigenvalue weighted by Crippen LogP contribution is 2.39. The van der Waals surface area contributed by atoms with Crippen molar-refractivity contribution in [3.05, 3.63) is 44.3 Å². The highest BCUT2D eigenvalue weighted by Gasteiger charge is 2.21. The number of halogens is 1. The first-order chi connectivity index (χ1) is 14.8. The third-order valence-corrected chi connectivity index (χ3v) is 5.92. The van der Waals surface area contributed by atoms with E-state index in [-0.39, 0.29) is 23.0 Å². The second kappa shape index (κ2) is 9.40. The van der Waals surface area contributed by atoms with Crippen molar-refractivity contribution in [1.29, 1.82) is 0 Å². The Hall–Kier alpha value is -3.04. The molecule has 0 amide bonds. The summed E-state index contributed by atoms with van der Waals surface area (Å²) in [5.41, 5.74) is 0.793. The Morgan fingerprint density at radius 1 is 1.19 bits per heavy atom. The maximum atomic E-state index is 12.7. The van der Waals surface area contributed by atoms with Crippen molar-refractivity contribution >= 4 is 50.2 Å². The fourth-order valence-corrected chi connectivity index (χ4v) is 4.34. The number of aryl methyl sites for hydroxylation is 1. The summed E-state index contributed by atoms with van der Waals surface area (Å²) in [5.74, 6) is 1.06. The number of nitrogens with zero attached hydrogens (tertiary/aromatic N) is 1. The van der Waals surface area contributed by atoms with Gasteiger partial charge >= 0.3 is 5.97 Å². The van der Waals surface area contributed by atoms with Crippen LogP contribution in [0.25, 0.3) is 21.3 Å². The van der Waals surface area contributed by atoms with Gasteiger partial charge in [0.1, 0.15) is 9.71 Å². The van der Waals surface area contributed by atoms with Gasteiger partial charge < -0.3 is 23.9 Å². The van der Waals surface area contributed by atoms with Crippen LogP contribution >= 0.6 is 22.9 Å². The second-order valence-corrected chi connectivity index (χ2v) is 7.73. The Labute approximate surface area is 187 Å². The summed E-state index contributed by atoms with van der Waals surface area (Å²) < 4.78 is 21.1. The summed E-state index contributed by atoms with van der Waals surface area (Å²) in [7, 11) is 4.54. The number of carbonyl (C=O) groups is 1. The van der Waals surface area contributed by atoms with E-state index in [2.05, 4.69) is 9.97 Å². The normalized spacial score (nSPS) is 11.5. The molecule has 0 spiro atoms. The Balaban J connectivity index is 2.09. The zero-order chi connectivity index (χ0) is 22.7. The molecule has 164 valence electrons. The minimum atomic E-state index is -0.483. The lowest BCUT2D eigenvalue weighted by Crippen LogP contribution is -2.11. The maximum Gasteiger partial charge on any atom is 0.348 e. The van der Waals surface area contributed by atoms with Crippen molar-refractivity contribution in [1.82, 2.24) is 9.97 Å². The number of fused-ring (bicyclic) bond motifs is 1. The van der Waals surface area contributed by atoms with Crippen LogP contribution in [0.1, 0.15) is 33.5 Å². The van der Waals surface area contributed by atoms with Crippen LogP contribution in [0.4, 0.5) is 0 Å². The second-order valence-electron chi connectivity index (χ2n) is 6.32. The highest BCUT2D eigenvalue weighted by molar-refractivity contribution is 7.20. The van der Waals surface area contributed by atoms with Crippen molar-refractivity contribution in [2.75, 3.05) is 27.9 Å². The number of hydrogen-bond donors (Lipinski definition) is 1. The van der Waals surface area contributed by atoms with Gasteiger partial charge in [0, 0.05) is 0 Å². The molecular weight excluding hydrogens is 444 g/mol. The van der Waals surface area contributed by atoms with Gasteiger partial charge in [0.05, 0.1) is 38.4 Å². The maximum absolute atomic E-state index is 12.7. The highest BCUT2D eigenvalue weighted by atomic mass is 35.5. The van der Waals surface area contributed by atoms with Gasteiger partial charge in [0.2, 0.25) is 5.75 Å². The third kappa shape index (κ3) is 4.38. The fourth-order valence-electron chi connectivity index (χ4n) is 3.05. The van der Waals surface area contributed by atoms with Crippen LogP contribution < -0.4 is 19.8 Å². The van der Waals surface area contributed by atoms with Crippen LogP contribution in [0.2, 0.25) is 0 Å². The van der Waals surface area contributed by atoms with E-state index in [9.17, 15) is 9.59 Å². The Kier molecular flexibility index (Phi) is 6.87. The number of esters is 1. The van der Waals surface area contributed by atoms with Gasteiger partial charge in [-0.1, -0.05) is 11.6 Å². The molecule has 0 fully saturated rings. The van der Waals surface area contributed by atoms with E-state index in [0.29, 0.717) is 43.5 Å². The van der Waals surface area contributed by atoms with Crippen LogP contribution in [0, 0.1) is 6.92 Å². The molecule has 0 unspecified atom stereocenters. The van der Waals surface area contributed by atoms with Gasteiger partial charge in [-0.15, -0.1) is 11.3 Å². The molecule has 1 aromatic carbocycles.